The Balaban J connectivity index is 0.00000320. The van der Waals surface area contributed by atoms with Crippen molar-refractivity contribution in [2.45, 2.75) is 13.3 Å². The van der Waals surface area contributed by atoms with Gasteiger partial charge in [-0.1, -0.05) is 41.4 Å². The van der Waals surface area contributed by atoms with Crippen LogP contribution in [0.2, 0.25) is 10.0 Å². The number of carbonyl (C=O) groups excluding carboxylic acids is 1. The first-order valence-electron chi connectivity index (χ1n) is 9.00. The minimum absolute atomic E-state index is 0. The number of benzene rings is 1. The quantitative estimate of drug-likeness (QED) is 0.524. The molecule has 0 saturated heterocycles. The number of hydrogen-bond acceptors (Lipinski definition) is 4. The van der Waals surface area contributed by atoms with E-state index in [1.165, 1.54) is 6.20 Å². The van der Waals surface area contributed by atoms with Gasteiger partial charge in [-0.15, -0.1) is 12.4 Å². The Bertz CT molecular complexity index is 1070. The number of nitrogens with zero attached hydrogens (tertiary/aromatic N) is 2. The van der Waals surface area contributed by atoms with Crippen LogP contribution in [0.15, 0.2) is 48.9 Å². The van der Waals surface area contributed by atoms with E-state index in [-0.39, 0.29) is 18.3 Å². The molecule has 8 heteroatoms. The van der Waals surface area contributed by atoms with Crippen LogP contribution in [0.5, 0.6) is 0 Å². The van der Waals surface area contributed by atoms with Crippen LogP contribution in [0.25, 0.3) is 12.2 Å². The molecular weight excluding hydrogens is 443 g/mol. The summed E-state index contributed by atoms with van der Waals surface area (Å²) in [5.74, 6) is 0.254. The van der Waals surface area contributed by atoms with Gasteiger partial charge in [0.2, 0.25) is 0 Å². The first kappa shape index (κ1) is 23.7. The Morgan fingerprint density at radius 3 is 2.70 bits per heavy atom. The number of nitrogen functional groups attached to an aromatic ring is 1. The molecule has 156 valence electrons. The normalized spacial score (nSPS) is 10.6. The van der Waals surface area contributed by atoms with Crippen molar-refractivity contribution in [2.24, 2.45) is 0 Å². The molecule has 0 bridgehead atoms. The van der Waals surface area contributed by atoms with Gasteiger partial charge in [-0.3, -0.25) is 9.78 Å². The summed E-state index contributed by atoms with van der Waals surface area (Å²) in [7, 11) is 0. The van der Waals surface area contributed by atoms with Gasteiger partial charge in [-0.25, -0.2) is 4.98 Å². The molecule has 1 amide bonds. The number of anilines is 1. The van der Waals surface area contributed by atoms with Crippen LogP contribution < -0.4 is 11.1 Å². The van der Waals surface area contributed by atoms with Crippen LogP contribution in [0, 0.1) is 6.92 Å². The highest BCUT2D eigenvalue weighted by Crippen LogP contribution is 2.21. The molecule has 0 spiro atoms. The fourth-order valence-electron chi connectivity index (χ4n) is 2.73. The largest absolute Gasteiger partial charge is 0.383 e. The maximum absolute atomic E-state index is 12.4. The molecule has 0 aliphatic carbocycles. The maximum atomic E-state index is 12.4. The van der Waals surface area contributed by atoms with Crippen LogP contribution in [-0.4, -0.2) is 22.4 Å². The van der Waals surface area contributed by atoms with Crippen molar-refractivity contribution >= 4 is 59.5 Å². The summed E-state index contributed by atoms with van der Waals surface area (Å²) in [6, 6.07) is 9.05. The Kier molecular flexibility index (Phi) is 8.66. The van der Waals surface area contributed by atoms with Crippen molar-refractivity contribution in [1.82, 2.24) is 15.3 Å². The number of amides is 1. The van der Waals surface area contributed by atoms with E-state index in [1.54, 1.807) is 30.6 Å². The summed E-state index contributed by atoms with van der Waals surface area (Å²) in [4.78, 5) is 20.7. The van der Waals surface area contributed by atoms with Gasteiger partial charge in [-0.05, 0) is 54.3 Å². The van der Waals surface area contributed by atoms with E-state index in [0.717, 1.165) is 22.3 Å². The summed E-state index contributed by atoms with van der Waals surface area (Å²) in [6.45, 7) is 2.40. The van der Waals surface area contributed by atoms with Gasteiger partial charge in [0.25, 0.3) is 5.91 Å². The maximum Gasteiger partial charge on any atom is 0.252 e. The number of hydrogen-bond donors (Lipinski definition) is 2. The molecule has 0 aliphatic rings. The number of rotatable bonds is 6. The summed E-state index contributed by atoms with van der Waals surface area (Å²) in [5.41, 5.74) is 9.93. The average molecular weight is 464 g/mol. The lowest BCUT2D eigenvalue weighted by molar-refractivity contribution is 0.0953. The molecule has 0 aliphatic heterocycles. The predicted molar refractivity (Wildman–Crippen MR) is 126 cm³/mol. The first-order chi connectivity index (χ1) is 13.9. The summed E-state index contributed by atoms with van der Waals surface area (Å²) >= 11 is 12.1. The molecule has 2 heterocycles. The first-order valence-corrected chi connectivity index (χ1v) is 9.75. The number of pyridine rings is 2. The lowest BCUT2D eigenvalue weighted by Gasteiger charge is -2.07. The smallest absolute Gasteiger partial charge is 0.252 e. The number of halogens is 3. The summed E-state index contributed by atoms with van der Waals surface area (Å²) in [6.07, 6.45) is 9.25. The molecule has 2 aromatic heterocycles. The predicted octanol–water partition coefficient (Wildman–Crippen LogP) is 5.24. The van der Waals surface area contributed by atoms with Gasteiger partial charge in [0.1, 0.15) is 5.82 Å². The third-order valence-corrected chi connectivity index (χ3v) is 4.85. The molecule has 0 saturated carbocycles. The van der Waals surface area contributed by atoms with Crippen LogP contribution >= 0.6 is 35.6 Å². The van der Waals surface area contributed by atoms with Crippen molar-refractivity contribution in [3.63, 3.8) is 0 Å². The van der Waals surface area contributed by atoms with Crippen LogP contribution in [0.4, 0.5) is 5.82 Å². The Morgan fingerprint density at radius 2 is 1.93 bits per heavy atom. The summed E-state index contributed by atoms with van der Waals surface area (Å²) in [5, 5.41) is 4.06. The number of nitrogens with two attached hydrogens (primary N) is 1. The second kappa shape index (κ2) is 11.0. The molecule has 0 atom stereocenters. The molecule has 3 rings (SSSR count). The molecule has 3 aromatic rings. The number of aryl methyl sites for hydroxylation is 1. The van der Waals surface area contributed by atoms with Gasteiger partial charge in [0.15, 0.2) is 0 Å². The van der Waals surface area contributed by atoms with E-state index in [0.29, 0.717) is 34.4 Å². The van der Waals surface area contributed by atoms with E-state index in [2.05, 4.69) is 15.3 Å². The molecule has 0 fully saturated rings. The van der Waals surface area contributed by atoms with E-state index >= 15 is 0 Å². The van der Waals surface area contributed by atoms with Crippen molar-refractivity contribution in [3.8, 4) is 0 Å². The molecule has 30 heavy (non-hydrogen) atoms. The highest BCUT2D eigenvalue weighted by Gasteiger charge is 2.07. The molecule has 1 aromatic carbocycles. The minimum Gasteiger partial charge on any atom is -0.383 e. The fraction of sp³-hybridized carbons (Fsp3) is 0.136. The Morgan fingerprint density at radius 1 is 1.13 bits per heavy atom. The zero-order chi connectivity index (χ0) is 20.8. The Labute approximate surface area is 191 Å². The van der Waals surface area contributed by atoms with E-state index in [1.807, 2.05) is 31.2 Å². The van der Waals surface area contributed by atoms with Crippen LogP contribution in [0.3, 0.4) is 0 Å². The SMILES string of the molecule is Cc1cnc(N)c(/C=C/c2cncc(C(=O)NCCc3ccc(Cl)cc3Cl)c2)c1.Cl. The Hall–Kier alpha value is -2.60. The lowest BCUT2D eigenvalue weighted by atomic mass is 10.1. The van der Waals surface area contributed by atoms with Gasteiger partial charge >= 0.3 is 0 Å². The third kappa shape index (κ3) is 6.46. The fourth-order valence-corrected chi connectivity index (χ4v) is 3.24. The molecular formula is C22H21Cl3N4O. The van der Waals surface area contributed by atoms with Crippen LogP contribution in [0.1, 0.15) is 32.6 Å². The van der Waals surface area contributed by atoms with E-state index < -0.39 is 0 Å². The van der Waals surface area contributed by atoms with Gasteiger partial charge < -0.3 is 11.1 Å². The number of nitrogens with one attached hydrogen (secondary N) is 1. The standard InChI is InChI=1S/C22H20Cl2N4O.ClH/c1-14-8-17(21(25)28-11-14)3-2-15-9-18(13-26-12-15)22(29)27-7-6-16-4-5-19(23)10-20(16)24;/h2-5,8-13H,6-7H2,1H3,(H2,25,28)(H,27,29);1H/b3-2+;. The summed E-state index contributed by atoms with van der Waals surface area (Å²) < 4.78 is 0. The number of carbonyl (C=O) groups is 1. The van der Waals surface area contributed by atoms with Crippen molar-refractivity contribution in [1.29, 1.82) is 0 Å². The third-order valence-electron chi connectivity index (χ3n) is 4.26. The van der Waals surface area contributed by atoms with Crippen molar-refractivity contribution < 1.29 is 4.79 Å². The van der Waals surface area contributed by atoms with Crippen LogP contribution in [-0.2, 0) is 6.42 Å². The molecule has 5 nitrogen and oxygen atoms in total. The van der Waals surface area contributed by atoms with Crippen molar-refractivity contribution in [3.05, 3.63) is 86.8 Å². The average Bonchev–Trinajstić information content (AvgIpc) is 2.70. The monoisotopic (exact) mass is 462 g/mol. The molecule has 0 unspecified atom stereocenters. The van der Waals surface area contributed by atoms with E-state index in [4.69, 9.17) is 28.9 Å². The molecule has 0 radical (unpaired) electrons. The highest BCUT2D eigenvalue weighted by molar-refractivity contribution is 6.35. The second-order valence-corrected chi connectivity index (χ2v) is 7.41. The van der Waals surface area contributed by atoms with Gasteiger partial charge in [0, 0.05) is 40.7 Å². The highest BCUT2D eigenvalue weighted by atomic mass is 35.5. The van der Waals surface area contributed by atoms with Gasteiger partial charge in [0.05, 0.1) is 5.56 Å². The molecule has 3 N–H and O–H groups in total. The number of aromatic nitrogens is 2. The van der Waals surface area contributed by atoms with Gasteiger partial charge in [-0.2, -0.15) is 0 Å². The minimum atomic E-state index is -0.199. The van der Waals surface area contributed by atoms with E-state index in [9.17, 15) is 4.79 Å². The second-order valence-electron chi connectivity index (χ2n) is 6.57. The lowest BCUT2D eigenvalue weighted by Crippen LogP contribution is -2.25. The topological polar surface area (TPSA) is 80.9 Å². The van der Waals surface area contributed by atoms with Crippen molar-refractivity contribution in [2.75, 3.05) is 12.3 Å². The zero-order valence-corrected chi connectivity index (χ0v) is 18.6. The zero-order valence-electron chi connectivity index (χ0n) is 16.2.